The van der Waals surface area contributed by atoms with E-state index in [9.17, 15) is 18.0 Å². The summed E-state index contributed by atoms with van der Waals surface area (Å²) in [6.45, 7) is 1.68. The van der Waals surface area contributed by atoms with Crippen molar-refractivity contribution in [1.82, 2.24) is 10.3 Å². The number of hydrogen-bond acceptors (Lipinski definition) is 5. The van der Waals surface area contributed by atoms with E-state index in [1.54, 1.807) is 19.1 Å². The van der Waals surface area contributed by atoms with Crippen molar-refractivity contribution in [3.05, 3.63) is 81.6 Å². The standard InChI is InChI=1S/C21H18Cl2N4O4S/c1-12-8-16(6-7-17(12)23)32(30,31)27-18-10-14(22)11-25-19(18)20(28)13-4-3-5-15(9-13)26-21(29)24-2/h3-11,27H,1-2H3,(H2,24,26,29). The third-order valence-electron chi connectivity index (χ3n) is 4.36. The lowest BCUT2D eigenvalue weighted by Crippen LogP contribution is -2.24. The molecule has 0 fully saturated rings. The quantitative estimate of drug-likeness (QED) is 0.438. The number of urea groups is 1. The molecule has 0 saturated heterocycles. The molecule has 0 radical (unpaired) electrons. The highest BCUT2D eigenvalue weighted by Gasteiger charge is 2.22. The summed E-state index contributed by atoms with van der Waals surface area (Å²) in [5.74, 6) is -0.563. The molecule has 2 amide bonds. The first kappa shape index (κ1) is 23.5. The van der Waals surface area contributed by atoms with Crippen LogP contribution in [0.3, 0.4) is 0 Å². The Hall–Kier alpha value is -3.14. The highest BCUT2D eigenvalue weighted by Crippen LogP contribution is 2.26. The van der Waals surface area contributed by atoms with Crippen molar-refractivity contribution in [3.8, 4) is 0 Å². The molecule has 0 saturated carbocycles. The maximum atomic E-state index is 13.1. The number of aromatic nitrogens is 1. The summed E-state index contributed by atoms with van der Waals surface area (Å²) in [4.78, 5) is 28.7. The van der Waals surface area contributed by atoms with Gasteiger partial charge in [0.05, 0.1) is 15.6 Å². The molecule has 166 valence electrons. The highest BCUT2D eigenvalue weighted by atomic mass is 35.5. The van der Waals surface area contributed by atoms with Crippen LogP contribution in [0.4, 0.5) is 16.2 Å². The molecule has 2 aromatic carbocycles. The zero-order valence-corrected chi connectivity index (χ0v) is 19.3. The second-order valence-corrected chi connectivity index (χ2v) is 9.21. The van der Waals surface area contributed by atoms with Gasteiger partial charge in [-0.05, 0) is 48.9 Å². The first-order valence-corrected chi connectivity index (χ1v) is 11.4. The summed E-state index contributed by atoms with van der Waals surface area (Å²) in [5.41, 5.74) is 0.912. The third kappa shape index (κ3) is 5.37. The molecule has 3 N–H and O–H groups in total. The Labute approximate surface area is 195 Å². The van der Waals surface area contributed by atoms with E-state index in [2.05, 4.69) is 20.3 Å². The molecule has 0 aliphatic rings. The van der Waals surface area contributed by atoms with Crippen LogP contribution in [-0.2, 0) is 10.0 Å². The number of ketones is 1. The largest absolute Gasteiger partial charge is 0.341 e. The van der Waals surface area contributed by atoms with Gasteiger partial charge in [-0.15, -0.1) is 0 Å². The lowest BCUT2D eigenvalue weighted by molar-refractivity contribution is 0.103. The Morgan fingerprint density at radius 1 is 1.03 bits per heavy atom. The first-order valence-electron chi connectivity index (χ1n) is 9.19. The maximum Gasteiger partial charge on any atom is 0.318 e. The lowest BCUT2D eigenvalue weighted by Gasteiger charge is -2.13. The van der Waals surface area contributed by atoms with Crippen LogP contribution < -0.4 is 15.4 Å². The summed E-state index contributed by atoms with van der Waals surface area (Å²) in [5, 5.41) is 5.54. The summed E-state index contributed by atoms with van der Waals surface area (Å²) in [6, 6.07) is 11.2. The van der Waals surface area contributed by atoms with Gasteiger partial charge in [-0.3, -0.25) is 9.52 Å². The molecule has 8 nitrogen and oxygen atoms in total. The van der Waals surface area contributed by atoms with E-state index in [-0.39, 0.29) is 26.9 Å². The van der Waals surface area contributed by atoms with Crippen molar-refractivity contribution in [3.63, 3.8) is 0 Å². The van der Waals surface area contributed by atoms with E-state index >= 15 is 0 Å². The molecule has 0 aliphatic carbocycles. The average Bonchev–Trinajstić information content (AvgIpc) is 2.75. The lowest BCUT2D eigenvalue weighted by atomic mass is 10.1. The van der Waals surface area contributed by atoms with Gasteiger partial charge >= 0.3 is 6.03 Å². The molecule has 3 rings (SSSR count). The second-order valence-electron chi connectivity index (χ2n) is 6.68. The third-order valence-corrected chi connectivity index (χ3v) is 6.36. The van der Waals surface area contributed by atoms with E-state index < -0.39 is 21.8 Å². The summed E-state index contributed by atoms with van der Waals surface area (Å²) in [6.07, 6.45) is 1.24. The molecule has 1 heterocycles. The van der Waals surface area contributed by atoms with Crippen LogP contribution >= 0.6 is 23.2 Å². The van der Waals surface area contributed by atoms with Gasteiger partial charge in [0.2, 0.25) is 5.78 Å². The summed E-state index contributed by atoms with van der Waals surface area (Å²) in [7, 11) is -2.60. The van der Waals surface area contributed by atoms with Crippen LogP contribution in [0.5, 0.6) is 0 Å². The van der Waals surface area contributed by atoms with Gasteiger partial charge in [0.1, 0.15) is 5.69 Å². The number of carbonyl (C=O) groups is 2. The fourth-order valence-corrected chi connectivity index (χ4v) is 4.17. The van der Waals surface area contributed by atoms with E-state index in [0.717, 1.165) is 0 Å². The minimum Gasteiger partial charge on any atom is -0.341 e. The van der Waals surface area contributed by atoms with Crippen LogP contribution in [-0.4, -0.2) is 32.3 Å². The number of pyridine rings is 1. The molecule has 3 aromatic rings. The van der Waals surface area contributed by atoms with Gasteiger partial charge in [0.15, 0.2) is 0 Å². The number of benzene rings is 2. The topological polar surface area (TPSA) is 117 Å². The molecule has 1 aromatic heterocycles. The minimum atomic E-state index is -4.06. The molecular weight excluding hydrogens is 475 g/mol. The summed E-state index contributed by atoms with van der Waals surface area (Å²) >= 11 is 12.0. The van der Waals surface area contributed by atoms with Crippen LogP contribution in [0, 0.1) is 6.92 Å². The van der Waals surface area contributed by atoms with Crippen LogP contribution in [0.25, 0.3) is 0 Å². The average molecular weight is 493 g/mol. The number of nitrogens with zero attached hydrogens (tertiary/aromatic N) is 1. The zero-order chi connectivity index (χ0) is 23.5. The number of nitrogens with one attached hydrogen (secondary N) is 3. The van der Waals surface area contributed by atoms with Crippen molar-refractivity contribution in [1.29, 1.82) is 0 Å². The Kier molecular flexibility index (Phi) is 7.02. The van der Waals surface area contributed by atoms with Crippen molar-refractivity contribution in [2.24, 2.45) is 0 Å². The van der Waals surface area contributed by atoms with Crippen molar-refractivity contribution < 1.29 is 18.0 Å². The van der Waals surface area contributed by atoms with Gasteiger partial charge < -0.3 is 10.6 Å². The van der Waals surface area contributed by atoms with Crippen molar-refractivity contribution in [2.45, 2.75) is 11.8 Å². The number of sulfonamides is 1. The smallest absolute Gasteiger partial charge is 0.318 e. The zero-order valence-electron chi connectivity index (χ0n) is 16.9. The SMILES string of the molecule is CNC(=O)Nc1cccc(C(=O)c2ncc(Cl)cc2NS(=O)(=O)c2ccc(Cl)c(C)c2)c1. The van der Waals surface area contributed by atoms with Gasteiger partial charge in [-0.25, -0.2) is 18.2 Å². The fourth-order valence-electron chi connectivity index (χ4n) is 2.75. The molecular formula is C21H18Cl2N4O4S. The minimum absolute atomic E-state index is 0.0328. The number of anilines is 2. The number of hydrogen-bond donors (Lipinski definition) is 3. The monoisotopic (exact) mass is 492 g/mol. The molecule has 0 aliphatic heterocycles. The molecule has 0 unspecified atom stereocenters. The molecule has 32 heavy (non-hydrogen) atoms. The van der Waals surface area contributed by atoms with Gasteiger partial charge in [-0.2, -0.15) is 0 Å². The fraction of sp³-hybridized carbons (Fsp3) is 0.0952. The van der Waals surface area contributed by atoms with E-state index in [4.69, 9.17) is 23.2 Å². The van der Waals surface area contributed by atoms with Crippen molar-refractivity contribution >= 4 is 56.4 Å². The predicted molar refractivity (Wildman–Crippen MR) is 124 cm³/mol. The highest BCUT2D eigenvalue weighted by molar-refractivity contribution is 7.92. The molecule has 11 heteroatoms. The number of halogens is 2. The molecule has 0 atom stereocenters. The Balaban J connectivity index is 1.98. The van der Waals surface area contributed by atoms with Gasteiger partial charge in [0.25, 0.3) is 10.0 Å². The normalized spacial score (nSPS) is 11.0. The first-order chi connectivity index (χ1) is 15.1. The second kappa shape index (κ2) is 9.56. The van der Waals surface area contributed by atoms with E-state index in [0.29, 0.717) is 16.3 Å². The number of carbonyl (C=O) groups excluding carboxylic acids is 2. The summed E-state index contributed by atoms with van der Waals surface area (Å²) < 4.78 is 28.2. The predicted octanol–water partition coefficient (Wildman–Crippen LogP) is 4.48. The van der Waals surface area contributed by atoms with E-state index in [1.165, 1.54) is 49.6 Å². The number of rotatable bonds is 6. The van der Waals surface area contributed by atoms with Crippen LogP contribution in [0.15, 0.2) is 59.6 Å². The number of amides is 2. The van der Waals surface area contributed by atoms with Crippen molar-refractivity contribution in [2.75, 3.05) is 17.1 Å². The number of aryl methyl sites for hydroxylation is 1. The van der Waals surface area contributed by atoms with Gasteiger partial charge in [0, 0.05) is 29.5 Å². The maximum absolute atomic E-state index is 13.1. The van der Waals surface area contributed by atoms with Crippen LogP contribution in [0.1, 0.15) is 21.6 Å². The Morgan fingerprint density at radius 3 is 2.47 bits per heavy atom. The molecule has 0 spiro atoms. The van der Waals surface area contributed by atoms with Crippen LogP contribution in [0.2, 0.25) is 10.0 Å². The Morgan fingerprint density at radius 2 is 1.78 bits per heavy atom. The molecule has 0 bridgehead atoms. The Bertz CT molecular complexity index is 1310. The van der Waals surface area contributed by atoms with E-state index in [1.807, 2.05) is 0 Å². The van der Waals surface area contributed by atoms with Gasteiger partial charge in [-0.1, -0.05) is 35.3 Å².